The molecule has 1 saturated heterocycles. The van der Waals surface area contributed by atoms with E-state index in [0.29, 0.717) is 4.21 Å². The molecule has 1 N–H and O–H groups in total. The van der Waals surface area contributed by atoms with Crippen LogP contribution in [0.5, 0.6) is 0 Å². The number of thiophene rings is 1. The quantitative estimate of drug-likeness (QED) is 0.913. The van der Waals surface area contributed by atoms with Crippen molar-refractivity contribution in [3.8, 4) is 0 Å². The third-order valence-electron chi connectivity index (χ3n) is 3.84. The second kappa shape index (κ2) is 6.91. The molecule has 4 nitrogen and oxygen atoms in total. The van der Waals surface area contributed by atoms with E-state index in [1.807, 2.05) is 18.2 Å². The minimum absolute atomic E-state index is 0.00966. The van der Waals surface area contributed by atoms with Crippen LogP contribution in [0.4, 0.5) is 0 Å². The Hall–Kier alpha value is -1.21. The molecule has 0 amide bonds. The number of piperidine rings is 1. The number of benzene rings is 1. The zero-order valence-corrected chi connectivity index (χ0v) is 13.9. The van der Waals surface area contributed by atoms with Crippen LogP contribution in [-0.4, -0.2) is 32.4 Å². The van der Waals surface area contributed by atoms with Crippen LogP contribution in [0.3, 0.4) is 0 Å². The predicted molar refractivity (Wildman–Crippen MR) is 89.4 cm³/mol. The average Bonchev–Trinajstić information content (AvgIpc) is 3.03. The Kier molecular flexibility index (Phi) is 4.93. The maximum absolute atomic E-state index is 12.3. The van der Waals surface area contributed by atoms with E-state index in [9.17, 15) is 8.42 Å². The van der Waals surface area contributed by atoms with Gasteiger partial charge in [0.2, 0.25) is 10.0 Å². The van der Waals surface area contributed by atoms with Crippen LogP contribution >= 0.6 is 11.3 Å². The lowest BCUT2D eigenvalue weighted by Crippen LogP contribution is -2.47. The van der Waals surface area contributed by atoms with Crippen molar-refractivity contribution in [2.45, 2.75) is 29.6 Å². The smallest absolute Gasteiger partial charge is 0.250 e. The number of hydrogen-bond acceptors (Lipinski definition) is 4. The first-order valence-corrected chi connectivity index (χ1v) is 9.82. The van der Waals surface area contributed by atoms with Gasteiger partial charge in [-0.3, -0.25) is 4.90 Å². The van der Waals surface area contributed by atoms with Gasteiger partial charge in [-0.15, -0.1) is 11.3 Å². The van der Waals surface area contributed by atoms with Gasteiger partial charge in [0.25, 0.3) is 0 Å². The number of rotatable bonds is 5. The lowest BCUT2D eigenvalue weighted by Gasteiger charge is -2.32. The molecule has 0 saturated carbocycles. The number of likely N-dealkylation sites (tertiary alicyclic amines) is 1. The van der Waals surface area contributed by atoms with Gasteiger partial charge in [-0.05, 0) is 36.4 Å². The second-order valence-corrected chi connectivity index (χ2v) is 8.50. The first-order valence-electron chi connectivity index (χ1n) is 7.45. The third kappa shape index (κ3) is 3.95. The van der Waals surface area contributed by atoms with Crippen LogP contribution in [-0.2, 0) is 16.6 Å². The summed E-state index contributed by atoms with van der Waals surface area (Å²) < 4.78 is 27.9. The minimum atomic E-state index is -3.37. The maximum Gasteiger partial charge on any atom is 0.250 e. The van der Waals surface area contributed by atoms with Gasteiger partial charge in [0.05, 0.1) is 0 Å². The fourth-order valence-electron chi connectivity index (χ4n) is 2.83. The predicted octanol–water partition coefficient (Wildman–Crippen LogP) is 2.69. The van der Waals surface area contributed by atoms with Gasteiger partial charge in [0, 0.05) is 19.1 Å². The largest absolute Gasteiger partial charge is 0.298 e. The molecule has 22 heavy (non-hydrogen) atoms. The Balaban J connectivity index is 1.61. The van der Waals surface area contributed by atoms with Crippen molar-refractivity contribution in [2.75, 3.05) is 13.1 Å². The van der Waals surface area contributed by atoms with Gasteiger partial charge < -0.3 is 0 Å². The molecule has 1 aromatic carbocycles. The molecule has 0 unspecified atom stereocenters. The molecular formula is C16H20N2O2S2. The third-order valence-corrected chi connectivity index (χ3v) is 6.75. The van der Waals surface area contributed by atoms with Crippen LogP contribution in [0, 0.1) is 0 Å². The Labute approximate surface area is 135 Å². The van der Waals surface area contributed by atoms with Crippen LogP contribution in [0.1, 0.15) is 18.4 Å². The zero-order chi connectivity index (χ0) is 15.4. The molecular weight excluding hydrogens is 316 g/mol. The summed E-state index contributed by atoms with van der Waals surface area (Å²) in [6.07, 6.45) is 1.92. The summed E-state index contributed by atoms with van der Waals surface area (Å²) in [5.41, 5.74) is 1.27. The first-order chi connectivity index (χ1) is 10.6. The SMILES string of the molecule is O=S(=O)(N[C@H]1CCCN(Cc2ccccc2)C1)c1cccs1. The number of nitrogens with zero attached hydrogens (tertiary/aromatic N) is 1. The Bertz CT molecular complexity index is 684. The maximum atomic E-state index is 12.3. The summed E-state index contributed by atoms with van der Waals surface area (Å²) >= 11 is 1.26. The van der Waals surface area contributed by atoms with Gasteiger partial charge in [-0.1, -0.05) is 36.4 Å². The topological polar surface area (TPSA) is 49.4 Å². The van der Waals surface area contributed by atoms with Crippen molar-refractivity contribution in [3.63, 3.8) is 0 Å². The Morgan fingerprint density at radius 2 is 2.00 bits per heavy atom. The normalized spacial score (nSPS) is 20.1. The highest BCUT2D eigenvalue weighted by Gasteiger charge is 2.25. The van der Waals surface area contributed by atoms with E-state index in [0.717, 1.165) is 32.5 Å². The van der Waals surface area contributed by atoms with Crippen molar-refractivity contribution in [3.05, 3.63) is 53.4 Å². The van der Waals surface area contributed by atoms with Gasteiger partial charge in [-0.25, -0.2) is 13.1 Å². The molecule has 6 heteroatoms. The molecule has 1 atom stereocenters. The van der Waals surface area contributed by atoms with Crippen molar-refractivity contribution >= 4 is 21.4 Å². The molecule has 0 aliphatic carbocycles. The van der Waals surface area contributed by atoms with E-state index >= 15 is 0 Å². The summed E-state index contributed by atoms with van der Waals surface area (Å²) in [7, 11) is -3.37. The van der Waals surface area contributed by atoms with E-state index in [1.165, 1.54) is 16.9 Å². The first kappa shape index (κ1) is 15.7. The highest BCUT2D eigenvalue weighted by molar-refractivity contribution is 7.91. The fourth-order valence-corrected chi connectivity index (χ4v) is 5.10. The minimum Gasteiger partial charge on any atom is -0.298 e. The standard InChI is InChI=1S/C16H20N2O2S2/c19-22(20,16-9-5-11-21-16)17-15-8-4-10-18(13-15)12-14-6-2-1-3-7-14/h1-3,5-7,9,11,15,17H,4,8,10,12-13H2/t15-/m0/s1. The molecule has 0 radical (unpaired) electrons. The number of nitrogens with one attached hydrogen (secondary N) is 1. The molecule has 118 valence electrons. The number of hydrogen-bond donors (Lipinski definition) is 1. The van der Waals surface area contributed by atoms with Gasteiger partial charge >= 0.3 is 0 Å². The lowest BCUT2D eigenvalue weighted by atomic mass is 10.1. The van der Waals surface area contributed by atoms with E-state index in [-0.39, 0.29) is 6.04 Å². The zero-order valence-electron chi connectivity index (χ0n) is 12.3. The molecule has 1 aliphatic heterocycles. The van der Waals surface area contributed by atoms with Crippen LogP contribution in [0.15, 0.2) is 52.1 Å². The van der Waals surface area contributed by atoms with E-state index in [4.69, 9.17) is 0 Å². The number of sulfonamides is 1. The summed E-state index contributed by atoms with van der Waals surface area (Å²) in [5, 5.41) is 1.79. The fraction of sp³-hybridized carbons (Fsp3) is 0.375. The Morgan fingerprint density at radius 1 is 1.18 bits per heavy atom. The van der Waals surface area contributed by atoms with E-state index in [1.54, 1.807) is 17.5 Å². The molecule has 1 aliphatic rings. The van der Waals surface area contributed by atoms with Crippen LogP contribution < -0.4 is 4.72 Å². The molecule has 2 heterocycles. The summed E-state index contributed by atoms with van der Waals surface area (Å²) in [6.45, 7) is 2.66. The molecule has 2 aromatic rings. The van der Waals surface area contributed by atoms with Gasteiger partial charge in [-0.2, -0.15) is 0 Å². The second-order valence-electron chi connectivity index (χ2n) is 5.61. The van der Waals surface area contributed by atoms with Gasteiger partial charge in [0.15, 0.2) is 0 Å². The van der Waals surface area contributed by atoms with Crippen LogP contribution in [0.25, 0.3) is 0 Å². The molecule has 0 bridgehead atoms. The van der Waals surface area contributed by atoms with Crippen molar-refractivity contribution < 1.29 is 8.42 Å². The van der Waals surface area contributed by atoms with Gasteiger partial charge in [0.1, 0.15) is 4.21 Å². The Morgan fingerprint density at radius 3 is 2.73 bits per heavy atom. The highest BCUT2D eigenvalue weighted by atomic mass is 32.2. The monoisotopic (exact) mass is 336 g/mol. The van der Waals surface area contributed by atoms with Crippen molar-refractivity contribution in [1.29, 1.82) is 0 Å². The molecule has 1 aromatic heterocycles. The van der Waals surface area contributed by atoms with Crippen LogP contribution in [0.2, 0.25) is 0 Å². The summed E-state index contributed by atoms with van der Waals surface area (Å²) in [6, 6.07) is 13.7. The van der Waals surface area contributed by atoms with E-state index < -0.39 is 10.0 Å². The summed E-state index contributed by atoms with van der Waals surface area (Å²) in [5.74, 6) is 0. The highest BCUT2D eigenvalue weighted by Crippen LogP contribution is 2.19. The van der Waals surface area contributed by atoms with E-state index in [2.05, 4.69) is 21.8 Å². The van der Waals surface area contributed by atoms with Crippen molar-refractivity contribution in [2.24, 2.45) is 0 Å². The molecule has 0 spiro atoms. The summed E-state index contributed by atoms with van der Waals surface area (Å²) in [4.78, 5) is 2.32. The average molecular weight is 336 g/mol. The molecule has 3 rings (SSSR count). The lowest BCUT2D eigenvalue weighted by molar-refractivity contribution is 0.194. The molecule has 1 fully saturated rings. The van der Waals surface area contributed by atoms with Crippen molar-refractivity contribution in [1.82, 2.24) is 9.62 Å².